The van der Waals surface area contributed by atoms with Crippen LogP contribution in [0.1, 0.15) is 33.6 Å². The Kier molecular flexibility index (Phi) is 5.46. The molecule has 1 aromatic heterocycles. The minimum atomic E-state index is -0.643. The van der Waals surface area contributed by atoms with Gasteiger partial charge in [0.25, 0.3) is 0 Å². The highest BCUT2D eigenvalue weighted by Gasteiger charge is 2.20. The summed E-state index contributed by atoms with van der Waals surface area (Å²) in [6.45, 7) is 9.07. The van der Waals surface area contributed by atoms with Gasteiger partial charge < -0.3 is 20.4 Å². The Morgan fingerprint density at radius 3 is 2.32 bits per heavy atom. The molecule has 1 heterocycles. The third-order valence-electron chi connectivity index (χ3n) is 3.29. The molecule has 1 aromatic carbocycles. The van der Waals surface area contributed by atoms with Crippen LogP contribution in [0, 0.1) is 6.92 Å². The van der Waals surface area contributed by atoms with Crippen molar-refractivity contribution in [2.45, 2.75) is 46.2 Å². The topological polar surface area (TPSA) is 96.3 Å². The van der Waals surface area contributed by atoms with Gasteiger partial charge >= 0.3 is 6.03 Å². The number of oxazole rings is 1. The van der Waals surface area contributed by atoms with Crippen LogP contribution in [0.15, 0.2) is 34.9 Å². The van der Waals surface area contributed by atoms with Crippen molar-refractivity contribution in [1.29, 1.82) is 0 Å². The molecule has 0 aliphatic carbocycles. The molecule has 0 spiro atoms. The van der Waals surface area contributed by atoms with Crippen molar-refractivity contribution in [3.8, 4) is 11.3 Å². The summed E-state index contributed by atoms with van der Waals surface area (Å²) in [5.74, 6) is 1.03. The maximum Gasteiger partial charge on any atom is 0.319 e. The lowest BCUT2D eigenvalue weighted by Crippen LogP contribution is -2.51. The second-order valence-electron chi connectivity index (χ2n) is 6.88. The molecule has 2 rings (SSSR count). The van der Waals surface area contributed by atoms with Gasteiger partial charge in [0.2, 0.25) is 5.91 Å². The van der Waals surface area contributed by atoms with Gasteiger partial charge in [-0.2, -0.15) is 0 Å². The number of benzene rings is 1. The summed E-state index contributed by atoms with van der Waals surface area (Å²) in [6, 6.07) is 6.08. The highest BCUT2D eigenvalue weighted by molar-refractivity contribution is 5.93. The standard InChI is InChI=1S/C18H24N4O3/c1-11(16(23)22-18(3,4)5)20-17(24)21-14-8-6-13(7-9-14)15-10-19-12(2)25-15/h6-11H,1-5H3,(H,22,23)(H2,20,21,24)/t11-/m1/s1. The number of nitrogens with zero attached hydrogens (tertiary/aromatic N) is 1. The van der Waals surface area contributed by atoms with E-state index in [1.165, 1.54) is 0 Å². The van der Waals surface area contributed by atoms with E-state index in [-0.39, 0.29) is 11.4 Å². The summed E-state index contributed by atoms with van der Waals surface area (Å²) in [6.07, 6.45) is 1.65. The smallest absolute Gasteiger partial charge is 0.319 e. The Balaban J connectivity index is 1.91. The second-order valence-corrected chi connectivity index (χ2v) is 6.88. The Bertz CT molecular complexity index is 744. The maximum absolute atomic E-state index is 12.0. The molecule has 0 saturated carbocycles. The minimum Gasteiger partial charge on any atom is -0.441 e. The molecule has 0 saturated heterocycles. The molecule has 0 unspecified atom stereocenters. The van der Waals surface area contributed by atoms with Crippen molar-refractivity contribution >= 4 is 17.6 Å². The zero-order valence-electron chi connectivity index (χ0n) is 15.1. The van der Waals surface area contributed by atoms with Crippen LogP contribution in [0.3, 0.4) is 0 Å². The van der Waals surface area contributed by atoms with Crippen LogP contribution in [-0.2, 0) is 4.79 Å². The molecule has 25 heavy (non-hydrogen) atoms. The van der Waals surface area contributed by atoms with Crippen molar-refractivity contribution in [2.24, 2.45) is 0 Å². The number of aryl methyl sites for hydroxylation is 1. The SMILES string of the molecule is Cc1ncc(-c2ccc(NC(=O)N[C@H](C)C(=O)NC(C)(C)C)cc2)o1. The summed E-state index contributed by atoms with van der Waals surface area (Å²) < 4.78 is 5.45. The highest BCUT2D eigenvalue weighted by Crippen LogP contribution is 2.22. The van der Waals surface area contributed by atoms with Gasteiger partial charge in [-0.25, -0.2) is 9.78 Å². The van der Waals surface area contributed by atoms with Crippen molar-refractivity contribution in [3.63, 3.8) is 0 Å². The van der Waals surface area contributed by atoms with E-state index in [0.29, 0.717) is 17.3 Å². The van der Waals surface area contributed by atoms with E-state index in [1.54, 1.807) is 32.2 Å². The number of anilines is 1. The van der Waals surface area contributed by atoms with Crippen molar-refractivity contribution in [1.82, 2.24) is 15.6 Å². The third kappa shape index (κ3) is 5.63. The number of hydrogen-bond acceptors (Lipinski definition) is 4. The average Bonchev–Trinajstić information content (AvgIpc) is 2.92. The first-order valence-corrected chi connectivity index (χ1v) is 8.06. The Morgan fingerprint density at radius 2 is 1.80 bits per heavy atom. The lowest BCUT2D eigenvalue weighted by atomic mass is 10.1. The van der Waals surface area contributed by atoms with Gasteiger partial charge in [0.15, 0.2) is 11.7 Å². The number of aromatic nitrogens is 1. The molecular weight excluding hydrogens is 320 g/mol. The van der Waals surface area contributed by atoms with Gasteiger partial charge in [-0.05, 0) is 52.0 Å². The Hall–Kier alpha value is -2.83. The molecule has 1 atom stereocenters. The number of nitrogens with one attached hydrogen (secondary N) is 3. The lowest BCUT2D eigenvalue weighted by molar-refractivity contribution is -0.123. The zero-order chi connectivity index (χ0) is 18.6. The first kappa shape index (κ1) is 18.5. The van der Waals surface area contributed by atoms with Gasteiger partial charge in [0.05, 0.1) is 6.20 Å². The predicted molar refractivity (Wildman–Crippen MR) is 96.2 cm³/mol. The van der Waals surface area contributed by atoms with Crippen LogP contribution in [0.4, 0.5) is 10.5 Å². The molecule has 0 aliphatic rings. The molecule has 2 aromatic rings. The number of carbonyl (C=O) groups excluding carboxylic acids is 2. The number of hydrogen-bond donors (Lipinski definition) is 3. The molecular formula is C18H24N4O3. The van der Waals surface area contributed by atoms with Crippen LogP contribution >= 0.6 is 0 Å². The van der Waals surface area contributed by atoms with Gasteiger partial charge in [-0.3, -0.25) is 4.79 Å². The van der Waals surface area contributed by atoms with E-state index in [2.05, 4.69) is 20.9 Å². The summed E-state index contributed by atoms with van der Waals surface area (Å²) in [5.41, 5.74) is 1.13. The largest absolute Gasteiger partial charge is 0.441 e. The van der Waals surface area contributed by atoms with Crippen LogP contribution in [0.2, 0.25) is 0 Å². The third-order valence-corrected chi connectivity index (χ3v) is 3.29. The van der Waals surface area contributed by atoms with Gasteiger partial charge in [0, 0.05) is 23.7 Å². The number of urea groups is 1. The molecule has 3 N–H and O–H groups in total. The van der Waals surface area contributed by atoms with Gasteiger partial charge in [-0.15, -0.1) is 0 Å². The average molecular weight is 344 g/mol. The normalized spacial score (nSPS) is 12.4. The van der Waals surface area contributed by atoms with Crippen molar-refractivity contribution in [3.05, 3.63) is 36.4 Å². The molecule has 0 bridgehead atoms. The summed E-state index contributed by atoms with van der Waals surface area (Å²) >= 11 is 0. The zero-order valence-corrected chi connectivity index (χ0v) is 15.1. The van der Waals surface area contributed by atoms with Crippen molar-refractivity contribution < 1.29 is 14.0 Å². The van der Waals surface area contributed by atoms with Gasteiger partial charge in [0.1, 0.15) is 6.04 Å². The fourth-order valence-electron chi connectivity index (χ4n) is 2.12. The monoisotopic (exact) mass is 344 g/mol. The van der Waals surface area contributed by atoms with E-state index in [1.807, 2.05) is 32.9 Å². The fourth-order valence-corrected chi connectivity index (χ4v) is 2.12. The number of rotatable bonds is 4. The first-order valence-electron chi connectivity index (χ1n) is 8.06. The van der Waals surface area contributed by atoms with E-state index >= 15 is 0 Å². The van der Waals surface area contributed by atoms with E-state index < -0.39 is 12.1 Å². The second kappa shape index (κ2) is 7.38. The van der Waals surface area contributed by atoms with E-state index in [4.69, 9.17) is 4.42 Å². The maximum atomic E-state index is 12.0. The molecule has 0 aliphatic heterocycles. The summed E-state index contributed by atoms with van der Waals surface area (Å²) in [4.78, 5) is 28.1. The molecule has 3 amide bonds. The van der Waals surface area contributed by atoms with Crippen LogP contribution in [-0.4, -0.2) is 28.5 Å². The first-order chi connectivity index (χ1) is 11.6. The van der Waals surface area contributed by atoms with Crippen molar-refractivity contribution in [2.75, 3.05) is 5.32 Å². The predicted octanol–water partition coefficient (Wildman–Crippen LogP) is 3.07. The molecule has 7 nitrogen and oxygen atoms in total. The summed E-state index contributed by atoms with van der Waals surface area (Å²) in [7, 11) is 0. The fraction of sp³-hybridized carbons (Fsp3) is 0.389. The molecule has 0 fully saturated rings. The molecule has 134 valence electrons. The minimum absolute atomic E-state index is 0.237. The van der Waals surface area contributed by atoms with Gasteiger partial charge in [-0.1, -0.05) is 0 Å². The molecule has 0 radical (unpaired) electrons. The number of amides is 3. The van der Waals surface area contributed by atoms with E-state index in [0.717, 1.165) is 5.56 Å². The van der Waals surface area contributed by atoms with Crippen LogP contribution < -0.4 is 16.0 Å². The summed E-state index contributed by atoms with van der Waals surface area (Å²) in [5, 5.41) is 8.13. The lowest BCUT2D eigenvalue weighted by Gasteiger charge is -2.23. The Labute approximate surface area is 147 Å². The number of carbonyl (C=O) groups is 2. The van der Waals surface area contributed by atoms with E-state index in [9.17, 15) is 9.59 Å². The van der Waals surface area contributed by atoms with Crippen LogP contribution in [0.5, 0.6) is 0 Å². The Morgan fingerprint density at radius 1 is 1.16 bits per heavy atom. The quantitative estimate of drug-likeness (QED) is 0.794. The van der Waals surface area contributed by atoms with Crippen LogP contribution in [0.25, 0.3) is 11.3 Å². The highest BCUT2D eigenvalue weighted by atomic mass is 16.4. The molecule has 7 heteroatoms.